The Kier molecular flexibility index (Phi) is 4.38. The van der Waals surface area contributed by atoms with Crippen LogP contribution < -0.4 is 5.32 Å². The zero-order valence-electron chi connectivity index (χ0n) is 9.60. The highest BCUT2D eigenvalue weighted by molar-refractivity contribution is 5.47. The molecule has 5 heteroatoms. The molecule has 0 spiro atoms. The van der Waals surface area contributed by atoms with E-state index in [1.54, 1.807) is 0 Å². The van der Waals surface area contributed by atoms with Gasteiger partial charge in [-0.05, 0) is 24.5 Å². The monoisotopic (exact) mass is 242 g/mol. The van der Waals surface area contributed by atoms with Crippen LogP contribution in [-0.2, 0) is 0 Å². The Labute approximate surface area is 98.1 Å². The first-order valence-corrected chi connectivity index (χ1v) is 5.25. The molecular formula is C12H13F3N2. The number of nitrogens with one attached hydrogen (secondary N) is 1. The molecule has 0 aliphatic rings. The van der Waals surface area contributed by atoms with Crippen molar-refractivity contribution in [1.82, 2.24) is 0 Å². The highest BCUT2D eigenvalue weighted by Crippen LogP contribution is 2.21. The highest BCUT2D eigenvalue weighted by Gasteiger charge is 2.16. The minimum Gasteiger partial charge on any atom is -0.367 e. The number of anilines is 1. The maximum atomic E-state index is 13.3. The van der Waals surface area contributed by atoms with Gasteiger partial charge in [0.05, 0.1) is 11.8 Å². The van der Waals surface area contributed by atoms with Crippen LogP contribution in [-0.4, -0.2) is 6.04 Å². The third-order valence-electron chi connectivity index (χ3n) is 2.23. The van der Waals surface area contributed by atoms with Gasteiger partial charge in [0, 0.05) is 0 Å². The first-order valence-electron chi connectivity index (χ1n) is 5.25. The average molecular weight is 242 g/mol. The predicted octanol–water partition coefficient (Wildman–Crippen LogP) is 3.45. The lowest BCUT2D eigenvalue weighted by Crippen LogP contribution is -2.20. The van der Waals surface area contributed by atoms with Crippen molar-refractivity contribution >= 4 is 5.69 Å². The van der Waals surface area contributed by atoms with Crippen LogP contribution in [0.2, 0.25) is 0 Å². The largest absolute Gasteiger partial charge is 0.367 e. The van der Waals surface area contributed by atoms with Gasteiger partial charge in [-0.15, -0.1) is 0 Å². The fourth-order valence-corrected chi connectivity index (χ4v) is 1.44. The lowest BCUT2D eigenvalue weighted by molar-refractivity contribution is 0.448. The third-order valence-corrected chi connectivity index (χ3v) is 2.23. The van der Waals surface area contributed by atoms with Crippen LogP contribution >= 0.6 is 0 Å². The van der Waals surface area contributed by atoms with Crippen molar-refractivity contribution in [1.29, 1.82) is 5.26 Å². The van der Waals surface area contributed by atoms with E-state index in [0.29, 0.717) is 6.42 Å². The van der Waals surface area contributed by atoms with Gasteiger partial charge in [-0.2, -0.15) is 5.26 Å². The van der Waals surface area contributed by atoms with Gasteiger partial charge in [-0.1, -0.05) is 13.8 Å². The fourth-order valence-electron chi connectivity index (χ4n) is 1.44. The topological polar surface area (TPSA) is 35.8 Å². The molecule has 92 valence electrons. The number of hydrogen-bond donors (Lipinski definition) is 1. The second-order valence-electron chi connectivity index (χ2n) is 4.18. The van der Waals surface area contributed by atoms with Crippen LogP contribution in [0.1, 0.15) is 20.3 Å². The number of rotatable bonds is 4. The molecule has 1 aromatic rings. The summed E-state index contributed by atoms with van der Waals surface area (Å²) in [4.78, 5) is 0. The van der Waals surface area contributed by atoms with Gasteiger partial charge in [0.25, 0.3) is 0 Å². The van der Waals surface area contributed by atoms with E-state index < -0.39 is 23.5 Å². The summed E-state index contributed by atoms with van der Waals surface area (Å²) in [5, 5.41) is 11.4. The highest BCUT2D eigenvalue weighted by atomic mass is 19.2. The molecule has 1 unspecified atom stereocenters. The Morgan fingerprint density at radius 3 is 2.41 bits per heavy atom. The molecule has 0 amide bonds. The maximum Gasteiger partial charge on any atom is 0.196 e. The van der Waals surface area contributed by atoms with Gasteiger partial charge in [-0.25, -0.2) is 13.2 Å². The minimum atomic E-state index is -1.53. The summed E-state index contributed by atoms with van der Waals surface area (Å²) in [5.74, 6) is -3.84. The molecule has 0 bridgehead atoms. The van der Waals surface area contributed by atoms with Gasteiger partial charge in [-0.3, -0.25) is 0 Å². The van der Waals surface area contributed by atoms with E-state index in [4.69, 9.17) is 5.26 Å². The Morgan fingerprint density at radius 2 is 1.88 bits per heavy atom. The van der Waals surface area contributed by atoms with Crippen LogP contribution in [0.25, 0.3) is 0 Å². The SMILES string of the molecule is CC(C)CC(C#N)Nc1ccc(F)c(F)c1F. The Hall–Kier alpha value is -1.70. The summed E-state index contributed by atoms with van der Waals surface area (Å²) in [6, 6.07) is 3.22. The quantitative estimate of drug-likeness (QED) is 0.821. The molecular weight excluding hydrogens is 229 g/mol. The van der Waals surface area contributed by atoms with Crippen molar-refractivity contribution < 1.29 is 13.2 Å². The maximum absolute atomic E-state index is 13.3. The molecule has 1 atom stereocenters. The van der Waals surface area contributed by atoms with Gasteiger partial charge in [0.2, 0.25) is 0 Å². The normalized spacial score (nSPS) is 12.3. The van der Waals surface area contributed by atoms with Crippen molar-refractivity contribution in [2.24, 2.45) is 5.92 Å². The zero-order chi connectivity index (χ0) is 13.0. The molecule has 17 heavy (non-hydrogen) atoms. The first kappa shape index (κ1) is 13.4. The smallest absolute Gasteiger partial charge is 0.196 e. The average Bonchev–Trinajstić information content (AvgIpc) is 2.28. The molecule has 0 aromatic heterocycles. The number of halogens is 3. The summed E-state index contributed by atoms with van der Waals surface area (Å²) >= 11 is 0. The molecule has 0 saturated carbocycles. The second kappa shape index (κ2) is 5.58. The number of nitrogens with zero attached hydrogens (tertiary/aromatic N) is 1. The van der Waals surface area contributed by atoms with Crippen LogP contribution in [0.15, 0.2) is 12.1 Å². The predicted molar refractivity (Wildman–Crippen MR) is 58.8 cm³/mol. The summed E-state index contributed by atoms with van der Waals surface area (Å²) in [6.07, 6.45) is 0.495. The van der Waals surface area contributed by atoms with Crippen molar-refractivity contribution in [3.63, 3.8) is 0 Å². The lowest BCUT2D eigenvalue weighted by atomic mass is 10.0. The molecule has 0 aliphatic carbocycles. The number of benzene rings is 1. The molecule has 0 saturated heterocycles. The van der Waals surface area contributed by atoms with Crippen molar-refractivity contribution in [2.75, 3.05) is 5.32 Å². The zero-order valence-corrected chi connectivity index (χ0v) is 9.60. The Morgan fingerprint density at radius 1 is 1.24 bits per heavy atom. The molecule has 1 N–H and O–H groups in total. The van der Waals surface area contributed by atoms with E-state index in [0.717, 1.165) is 12.1 Å². The third kappa shape index (κ3) is 3.38. The standard InChI is InChI=1S/C12H13F3N2/c1-7(2)5-8(6-16)17-10-4-3-9(13)11(14)12(10)15/h3-4,7-8,17H,5H2,1-2H3. The summed E-state index contributed by atoms with van der Waals surface area (Å²) in [7, 11) is 0. The van der Waals surface area contributed by atoms with Crippen LogP contribution in [0.3, 0.4) is 0 Å². The van der Waals surface area contributed by atoms with Gasteiger partial charge < -0.3 is 5.32 Å². The molecule has 0 fully saturated rings. The summed E-state index contributed by atoms with van der Waals surface area (Å²) in [5.41, 5.74) is -0.198. The van der Waals surface area contributed by atoms with Gasteiger partial charge in [0.15, 0.2) is 17.5 Å². The second-order valence-corrected chi connectivity index (χ2v) is 4.18. The molecule has 0 radical (unpaired) electrons. The first-order chi connectivity index (χ1) is 7.95. The van der Waals surface area contributed by atoms with E-state index in [1.807, 2.05) is 19.9 Å². The molecule has 2 nitrogen and oxygen atoms in total. The van der Waals surface area contributed by atoms with Gasteiger partial charge >= 0.3 is 0 Å². The summed E-state index contributed by atoms with van der Waals surface area (Å²) < 4.78 is 38.9. The van der Waals surface area contributed by atoms with E-state index in [-0.39, 0.29) is 11.6 Å². The van der Waals surface area contributed by atoms with Gasteiger partial charge in [0.1, 0.15) is 6.04 Å². The lowest BCUT2D eigenvalue weighted by Gasteiger charge is -2.15. The molecule has 0 heterocycles. The van der Waals surface area contributed by atoms with E-state index in [2.05, 4.69) is 5.32 Å². The fraction of sp³-hybridized carbons (Fsp3) is 0.417. The summed E-state index contributed by atoms with van der Waals surface area (Å²) in [6.45, 7) is 3.82. The molecule has 1 aromatic carbocycles. The Balaban J connectivity index is 2.88. The van der Waals surface area contributed by atoms with Crippen molar-refractivity contribution in [2.45, 2.75) is 26.3 Å². The molecule has 0 aliphatic heterocycles. The number of nitriles is 1. The van der Waals surface area contributed by atoms with E-state index in [1.165, 1.54) is 0 Å². The van der Waals surface area contributed by atoms with E-state index >= 15 is 0 Å². The van der Waals surface area contributed by atoms with E-state index in [9.17, 15) is 13.2 Å². The number of hydrogen-bond acceptors (Lipinski definition) is 2. The van der Waals surface area contributed by atoms with Crippen molar-refractivity contribution in [3.8, 4) is 6.07 Å². The molecule has 1 rings (SSSR count). The van der Waals surface area contributed by atoms with Crippen LogP contribution in [0.5, 0.6) is 0 Å². The van der Waals surface area contributed by atoms with Crippen molar-refractivity contribution in [3.05, 3.63) is 29.6 Å². The van der Waals surface area contributed by atoms with Crippen LogP contribution in [0, 0.1) is 34.7 Å². The Bertz CT molecular complexity index is 438. The van der Waals surface area contributed by atoms with Crippen LogP contribution in [0.4, 0.5) is 18.9 Å². The minimum absolute atomic E-state index is 0.198.